The van der Waals surface area contributed by atoms with Gasteiger partial charge in [0.2, 0.25) is 0 Å². The van der Waals surface area contributed by atoms with Crippen LogP contribution in [-0.2, 0) is 6.18 Å². The normalized spacial score (nSPS) is 17.5. The summed E-state index contributed by atoms with van der Waals surface area (Å²) in [7, 11) is 1.86. The lowest BCUT2D eigenvalue weighted by atomic mass is 9.94. The highest BCUT2D eigenvalue weighted by Gasteiger charge is 2.33. The number of halogens is 3. The van der Waals surface area contributed by atoms with E-state index in [-0.39, 0.29) is 5.69 Å². The first-order valence-electron chi connectivity index (χ1n) is 6.59. The van der Waals surface area contributed by atoms with Crippen molar-refractivity contribution in [2.45, 2.75) is 44.3 Å². The third kappa shape index (κ3) is 3.14. The fourth-order valence-electron chi connectivity index (χ4n) is 2.69. The van der Waals surface area contributed by atoms with E-state index in [4.69, 9.17) is 5.73 Å². The highest BCUT2D eigenvalue weighted by atomic mass is 19.4. The van der Waals surface area contributed by atoms with Crippen LogP contribution in [0.1, 0.15) is 37.7 Å². The van der Waals surface area contributed by atoms with E-state index in [1.54, 1.807) is 6.07 Å². The molecule has 5 heteroatoms. The zero-order valence-corrected chi connectivity index (χ0v) is 11.0. The summed E-state index contributed by atoms with van der Waals surface area (Å²) in [5, 5.41) is 0. The average Bonchev–Trinajstić information content (AvgIpc) is 2.38. The standard InChI is InChI=1S/C14H19F3N2/c1-19(10-5-3-2-4-6-10)11-7-8-13(18)12(9-11)14(15,16)17/h7-10H,2-6,18H2,1H3. The predicted molar refractivity (Wildman–Crippen MR) is 71.1 cm³/mol. The van der Waals surface area contributed by atoms with Crippen LogP contribution in [0.25, 0.3) is 0 Å². The molecule has 0 aliphatic heterocycles. The summed E-state index contributed by atoms with van der Waals surface area (Å²) in [4.78, 5) is 1.95. The number of benzene rings is 1. The lowest BCUT2D eigenvalue weighted by Crippen LogP contribution is -2.33. The number of nitrogen functional groups attached to an aromatic ring is 1. The third-order valence-corrected chi connectivity index (χ3v) is 3.87. The van der Waals surface area contributed by atoms with E-state index in [0.29, 0.717) is 11.7 Å². The van der Waals surface area contributed by atoms with Gasteiger partial charge >= 0.3 is 6.18 Å². The first-order valence-corrected chi connectivity index (χ1v) is 6.59. The minimum absolute atomic E-state index is 0.215. The largest absolute Gasteiger partial charge is 0.418 e. The molecule has 2 N–H and O–H groups in total. The van der Waals surface area contributed by atoms with Gasteiger partial charge in [0.05, 0.1) is 5.56 Å². The van der Waals surface area contributed by atoms with Gasteiger partial charge in [0, 0.05) is 24.5 Å². The average molecular weight is 272 g/mol. The molecule has 0 unspecified atom stereocenters. The predicted octanol–water partition coefficient (Wildman–Crippen LogP) is 4.06. The first-order chi connectivity index (χ1) is 8.89. The smallest absolute Gasteiger partial charge is 0.398 e. The number of rotatable bonds is 2. The van der Waals surface area contributed by atoms with Crippen molar-refractivity contribution in [1.82, 2.24) is 0 Å². The Bertz CT molecular complexity index is 437. The number of alkyl halides is 3. The van der Waals surface area contributed by atoms with Crippen LogP contribution in [0.5, 0.6) is 0 Å². The van der Waals surface area contributed by atoms with E-state index in [1.807, 2.05) is 11.9 Å². The molecule has 1 aliphatic rings. The number of hydrogen-bond donors (Lipinski definition) is 1. The Labute approximate surface area is 111 Å². The molecule has 1 aliphatic carbocycles. The fraction of sp³-hybridized carbons (Fsp3) is 0.571. The van der Waals surface area contributed by atoms with Gasteiger partial charge in [-0.05, 0) is 31.0 Å². The second-order valence-corrected chi connectivity index (χ2v) is 5.17. The Hall–Kier alpha value is -1.39. The van der Waals surface area contributed by atoms with Gasteiger partial charge in [-0.15, -0.1) is 0 Å². The molecule has 0 radical (unpaired) electrons. The van der Waals surface area contributed by atoms with Crippen LogP contribution in [0.15, 0.2) is 18.2 Å². The van der Waals surface area contributed by atoms with Gasteiger partial charge in [-0.2, -0.15) is 13.2 Å². The van der Waals surface area contributed by atoms with Gasteiger partial charge in [-0.3, -0.25) is 0 Å². The molecule has 0 saturated heterocycles. The van der Waals surface area contributed by atoms with E-state index in [0.717, 1.165) is 31.7 Å². The van der Waals surface area contributed by atoms with Gasteiger partial charge in [-0.1, -0.05) is 19.3 Å². The van der Waals surface area contributed by atoms with Crippen LogP contribution < -0.4 is 10.6 Å². The van der Waals surface area contributed by atoms with Crippen LogP contribution in [0.4, 0.5) is 24.5 Å². The van der Waals surface area contributed by atoms with Gasteiger partial charge in [0.1, 0.15) is 0 Å². The molecule has 0 amide bonds. The number of hydrogen-bond acceptors (Lipinski definition) is 2. The summed E-state index contributed by atoms with van der Waals surface area (Å²) >= 11 is 0. The zero-order chi connectivity index (χ0) is 14.0. The second-order valence-electron chi connectivity index (χ2n) is 5.17. The van der Waals surface area contributed by atoms with Crippen molar-refractivity contribution in [2.24, 2.45) is 0 Å². The van der Waals surface area contributed by atoms with E-state index in [1.165, 1.54) is 12.5 Å². The highest BCUT2D eigenvalue weighted by molar-refractivity contribution is 5.59. The zero-order valence-electron chi connectivity index (χ0n) is 11.0. The Morgan fingerprint density at radius 1 is 1.16 bits per heavy atom. The topological polar surface area (TPSA) is 29.3 Å². The number of nitrogens with zero attached hydrogens (tertiary/aromatic N) is 1. The molecule has 1 aromatic rings. The molecular formula is C14H19F3N2. The van der Waals surface area contributed by atoms with Crippen LogP contribution in [-0.4, -0.2) is 13.1 Å². The van der Waals surface area contributed by atoms with Gasteiger partial charge < -0.3 is 10.6 Å². The Morgan fingerprint density at radius 3 is 2.37 bits per heavy atom. The summed E-state index contributed by atoms with van der Waals surface area (Å²) < 4.78 is 38.5. The maximum Gasteiger partial charge on any atom is 0.418 e. The molecule has 0 bridgehead atoms. The Morgan fingerprint density at radius 2 is 1.79 bits per heavy atom. The van der Waals surface area contributed by atoms with E-state index in [9.17, 15) is 13.2 Å². The molecule has 1 saturated carbocycles. The maximum atomic E-state index is 12.8. The van der Waals surface area contributed by atoms with E-state index >= 15 is 0 Å². The van der Waals surface area contributed by atoms with Crippen molar-refractivity contribution < 1.29 is 13.2 Å². The molecular weight excluding hydrogens is 253 g/mol. The lowest BCUT2D eigenvalue weighted by molar-refractivity contribution is -0.136. The monoisotopic (exact) mass is 272 g/mol. The Kier molecular flexibility index (Phi) is 3.92. The van der Waals surface area contributed by atoms with Crippen molar-refractivity contribution in [2.75, 3.05) is 17.7 Å². The fourth-order valence-corrected chi connectivity index (χ4v) is 2.69. The molecule has 1 fully saturated rings. The Balaban J connectivity index is 2.24. The number of anilines is 2. The van der Waals surface area contributed by atoms with Crippen molar-refractivity contribution in [3.63, 3.8) is 0 Å². The molecule has 0 aromatic heterocycles. The maximum absolute atomic E-state index is 12.8. The molecule has 2 nitrogen and oxygen atoms in total. The third-order valence-electron chi connectivity index (χ3n) is 3.87. The number of nitrogens with two attached hydrogens (primary N) is 1. The minimum atomic E-state index is -4.40. The second kappa shape index (κ2) is 5.31. The van der Waals surface area contributed by atoms with E-state index < -0.39 is 11.7 Å². The van der Waals surface area contributed by atoms with Crippen molar-refractivity contribution in [3.05, 3.63) is 23.8 Å². The van der Waals surface area contributed by atoms with Crippen LogP contribution in [0.3, 0.4) is 0 Å². The van der Waals surface area contributed by atoms with Gasteiger partial charge in [0.15, 0.2) is 0 Å². The molecule has 19 heavy (non-hydrogen) atoms. The molecule has 2 rings (SSSR count). The quantitative estimate of drug-likeness (QED) is 0.823. The highest BCUT2D eigenvalue weighted by Crippen LogP contribution is 2.36. The van der Waals surface area contributed by atoms with Crippen molar-refractivity contribution in [3.8, 4) is 0 Å². The van der Waals surface area contributed by atoms with Gasteiger partial charge in [0.25, 0.3) is 0 Å². The van der Waals surface area contributed by atoms with E-state index in [2.05, 4.69) is 0 Å². The van der Waals surface area contributed by atoms with Crippen LogP contribution in [0, 0.1) is 0 Å². The summed E-state index contributed by atoms with van der Waals surface area (Å²) in [5.41, 5.74) is 5.05. The molecule has 0 heterocycles. The summed E-state index contributed by atoms with van der Waals surface area (Å²) in [6, 6.07) is 4.50. The van der Waals surface area contributed by atoms with Crippen LogP contribution >= 0.6 is 0 Å². The molecule has 106 valence electrons. The van der Waals surface area contributed by atoms with Gasteiger partial charge in [-0.25, -0.2) is 0 Å². The van der Waals surface area contributed by atoms with Crippen molar-refractivity contribution in [1.29, 1.82) is 0 Å². The van der Waals surface area contributed by atoms with Crippen molar-refractivity contribution >= 4 is 11.4 Å². The molecule has 0 spiro atoms. The first kappa shape index (κ1) is 14.0. The molecule has 1 aromatic carbocycles. The SMILES string of the molecule is CN(c1ccc(N)c(C(F)(F)F)c1)C1CCCCC1. The summed E-state index contributed by atoms with van der Waals surface area (Å²) in [6.07, 6.45) is 1.21. The summed E-state index contributed by atoms with van der Waals surface area (Å²) in [5.74, 6) is 0. The minimum Gasteiger partial charge on any atom is -0.398 e. The van der Waals surface area contributed by atoms with Crippen LogP contribution in [0.2, 0.25) is 0 Å². The molecule has 0 atom stereocenters. The lowest BCUT2D eigenvalue weighted by Gasteiger charge is -2.33. The summed E-state index contributed by atoms with van der Waals surface area (Å²) in [6.45, 7) is 0.